The fourth-order valence-electron chi connectivity index (χ4n) is 2.29. The monoisotopic (exact) mass is 300 g/mol. The number of hydrogen-bond acceptors (Lipinski definition) is 2. The molecule has 0 unspecified atom stereocenters. The molecular formula is C16H16N2O2S. The van der Waals surface area contributed by atoms with Crippen molar-refractivity contribution in [2.24, 2.45) is 0 Å². The molecule has 5 heteroatoms. The van der Waals surface area contributed by atoms with Gasteiger partial charge in [-0.1, -0.05) is 36.4 Å². The molecule has 0 fully saturated rings. The number of hydrogen-bond donors (Lipinski definition) is 2. The van der Waals surface area contributed by atoms with Crippen molar-refractivity contribution in [2.75, 3.05) is 10.5 Å². The van der Waals surface area contributed by atoms with Gasteiger partial charge in [0.2, 0.25) is 10.0 Å². The SMILES string of the molecule is O=S(=O)(CCc1ccccc1)Nc1cccc2[nH]ccc12. The average molecular weight is 300 g/mol. The van der Waals surface area contributed by atoms with E-state index in [1.807, 2.05) is 48.5 Å². The molecule has 0 aliphatic rings. The number of rotatable bonds is 5. The van der Waals surface area contributed by atoms with Crippen LogP contribution in [0.5, 0.6) is 0 Å². The minimum absolute atomic E-state index is 0.0673. The molecule has 0 amide bonds. The lowest BCUT2D eigenvalue weighted by atomic mass is 10.2. The lowest BCUT2D eigenvalue weighted by Gasteiger charge is -2.09. The van der Waals surface area contributed by atoms with Gasteiger partial charge in [-0.3, -0.25) is 4.72 Å². The van der Waals surface area contributed by atoms with Gasteiger partial charge in [-0.05, 0) is 30.2 Å². The van der Waals surface area contributed by atoms with E-state index in [1.165, 1.54) is 0 Å². The summed E-state index contributed by atoms with van der Waals surface area (Å²) in [4.78, 5) is 3.07. The highest BCUT2D eigenvalue weighted by atomic mass is 32.2. The van der Waals surface area contributed by atoms with Gasteiger partial charge in [0.25, 0.3) is 0 Å². The van der Waals surface area contributed by atoms with Crippen molar-refractivity contribution >= 4 is 26.6 Å². The second-order valence-electron chi connectivity index (χ2n) is 4.90. The molecule has 0 radical (unpaired) electrons. The summed E-state index contributed by atoms with van der Waals surface area (Å²) >= 11 is 0. The van der Waals surface area contributed by atoms with Crippen LogP contribution in [0.1, 0.15) is 5.56 Å². The van der Waals surface area contributed by atoms with Gasteiger partial charge < -0.3 is 4.98 Å². The van der Waals surface area contributed by atoms with E-state index >= 15 is 0 Å². The van der Waals surface area contributed by atoms with Crippen molar-refractivity contribution in [1.29, 1.82) is 0 Å². The summed E-state index contributed by atoms with van der Waals surface area (Å²) in [5.74, 6) is 0.0673. The van der Waals surface area contributed by atoms with E-state index in [0.29, 0.717) is 12.1 Å². The third-order valence-electron chi connectivity index (χ3n) is 3.36. The Morgan fingerprint density at radius 1 is 0.952 bits per heavy atom. The van der Waals surface area contributed by atoms with Crippen LogP contribution in [0.15, 0.2) is 60.8 Å². The van der Waals surface area contributed by atoms with Crippen molar-refractivity contribution < 1.29 is 8.42 Å². The molecule has 0 saturated carbocycles. The van der Waals surface area contributed by atoms with Gasteiger partial charge in [-0.15, -0.1) is 0 Å². The van der Waals surface area contributed by atoms with Gasteiger partial charge in [-0.2, -0.15) is 0 Å². The molecule has 4 nitrogen and oxygen atoms in total. The molecule has 0 aliphatic carbocycles. The second-order valence-corrected chi connectivity index (χ2v) is 6.74. The zero-order valence-electron chi connectivity index (χ0n) is 11.4. The molecule has 2 aromatic carbocycles. The number of benzene rings is 2. The van der Waals surface area contributed by atoms with Crippen LogP contribution in [0.3, 0.4) is 0 Å². The molecule has 0 saturated heterocycles. The minimum atomic E-state index is -3.37. The van der Waals surface area contributed by atoms with Crippen molar-refractivity contribution in [3.05, 3.63) is 66.4 Å². The highest BCUT2D eigenvalue weighted by molar-refractivity contribution is 7.92. The van der Waals surface area contributed by atoms with Crippen LogP contribution < -0.4 is 4.72 Å². The highest BCUT2D eigenvalue weighted by Gasteiger charge is 2.12. The Morgan fingerprint density at radius 2 is 1.76 bits per heavy atom. The fourth-order valence-corrected chi connectivity index (χ4v) is 3.41. The summed E-state index contributed by atoms with van der Waals surface area (Å²) in [6, 6.07) is 17.0. The maximum atomic E-state index is 12.2. The Bertz CT molecular complexity index is 839. The Hall–Kier alpha value is -2.27. The smallest absolute Gasteiger partial charge is 0.233 e. The summed E-state index contributed by atoms with van der Waals surface area (Å²) in [6.07, 6.45) is 2.30. The maximum absolute atomic E-state index is 12.2. The zero-order valence-corrected chi connectivity index (χ0v) is 12.2. The van der Waals surface area contributed by atoms with Crippen molar-refractivity contribution in [3.8, 4) is 0 Å². The van der Waals surface area contributed by atoms with E-state index in [2.05, 4.69) is 9.71 Å². The third kappa shape index (κ3) is 3.25. The molecule has 2 N–H and O–H groups in total. The third-order valence-corrected chi connectivity index (χ3v) is 4.64. The quantitative estimate of drug-likeness (QED) is 0.760. The van der Waals surface area contributed by atoms with E-state index in [-0.39, 0.29) is 5.75 Å². The molecule has 0 spiro atoms. The number of aromatic amines is 1. The summed E-state index contributed by atoms with van der Waals surface area (Å²) < 4.78 is 27.1. The van der Waals surface area contributed by atoms with E-state index < -0.39 is 10.0 Å². The summed E-state index contributed by atoms with van der Waals surface area (Å²) in [6.45, 7) is 0. The van der Waals surface area contributed by atoms with Crippen LogP contribution in [-0.2, 0) is 16.4 Å². The number of H-pyrrole nitrogens is 1. The van der Waals surface area contributed by atoms with E-state index in [0.717, 1.165) is 16.5 Å². The highest BCUT2D eigenvalue weighted by Crippen LogP contribution is 2.23. The lowest BCUT2D eigenvalue weighted by Crippen LogP contribution is -2.18. The fraction of sp³-hybridized carbons (Fsp3) is 0.125. The average Bonchev–Trinajstić information content (AvgIpc) is 2.96. The van der Waals surface area contributed by atoms with Crippen LogP contribution in [0.2, 0.25) is 0 Å². The molecule has 0 aliphatic heterocycles. The lowest BCUT2D eigenvalue weighted by molar-refractivity contribution is 0.600. The summed E-state index contributed by atoms with van der Waals surface area (Å²) in [7, 11) is -3.37. The Morgan fingerprint density at radius 3 is 2.57 bits per heavy atom. The van der Waals surface area contributed by atoms with Gasteiger partial charge in [0.15, 0.2) is 0 Å². The van der Waals surface area contributed by atoms with Crippen molar-refractivity contribution in [2.45, 2.75) is 6.42 Å². The first-order chi connectivity index (χ1) is 10.1. The van der Waals surface area contributed by atoms with E-state index in [4.69, 9.17) is 0 Å². The molecular weight excluding hydrogens is 284 g/mol. The number of nitrogens with one attached hydrogen (secondary N) is 2. The zero-order chi connectivity index (χ0) is 14.7. The standard InChI is InChI=1S/C16H16N2O2S/c19-21(20,12-10-13-5-2-1-3-6-13)18-16-8-4-7-15-14(16)9-11-17-15/h1-9,11,17-18H,10,12H2. The van der Waals surface area contributed by atoms with Gasteiger partial charge in [0.1, 0.15) is 0 Å². The Balaban J connectivity index is 1.75. The number of aromatic nitrogens is 1. The first-order valence-electron chi connectivity index (χ1n) is 6.75. The second kappa shape index (κ2) is 5.61. The molecule has 3 rings (SSSR count). The van der Waals surface area contributed by atoms with Crippen LogP contribution in [0, 0.1) is 0 Å². The van der Waals surface area contributed by atoms with Gasteiger partial charge in [0.05, 0.1) is 11.4 Å². The summed E-state index contributed by atoms with van der Waals surface area (Å²) in [5.41, 5.74) is 2.54. The summed E-state index contributed by atoms with van der Waals surface area (Å²) in [5, 5.41) is 0.876. The number of aryl methyl sites for hydroxylation is 1. The van der Waals surface area contributed by atoms with Crippen molar-refractivity contribution in [3.63, 3.8) is 0 Å². The van der Waals surface area contributed by atoms with E-state index in [9.17, 15) is 8.42 Å². The first kappa shape index (κ1) is 13.7. The number of fused-ring (bicyclic) bond motifs is 1. The molecule has 21 heavy (non-hydrogen) atoms. The molecule has 3 aromatic rings. The molecule has 0 atom stereocenters. The number of sulfonamides is 1. The predicted molar refractivity (Wildman–Crippen MR) is 85.9 cm³/mol. The Kier molecular flexibility index (Phi) is 3.66. The molecule has 108 valence electrons. The topological polar surface area (TPSA) is 62.0 Å². The molecule has 1 aromatic heterocycles. The minimum Gasteiger partial charge on any atom is -0.361 e. The number of anilines is 1. The van der Waals surface area contributed by atoms with Crippen molar-refractivity contribution in [1.82, 2.24) is 4.98 Å². The van der Waals surface area contributed by atoms with Crippen LogP contribution in [-0.4, -0.2) is 19.2 Å². The van der Waals surface area contributed by atoms with Crippen LogP contribution in [0.25, 0.3) is 10.9 Å². The Labute approximate surface area is 123 Å². The van der Waals surface area contributed by atoms with E-state index in [1.54, 1.807) is 12.3 Å². The molecule has 1 heterocycles. The first-order valence-corrected chi connectivity index (χ1v) is 8.40. The maximum Gasteiger partial charge on any atom is 0.233 e. The largest absolute Gasteiger partial charge is 0.361 e. The van der Waals surface area contributed by atoms with Gasteiger partial charge >= 0.3 is 0 Å². The van der Waals surface area contributed by atoms with Gasteiger partial charge in [-0.25, -0.2) is 8.42 Å². The normalized spacial score (nSPS) is 11.6. The van der Waals surface area contributed by atoms with Gasteiger partial charge in [0, 0.05) is 17.1 Å². The molecule has 0 bridgehead atoms. The van der Waals surface area contributed by atoms with Crippen LogP contribution >= 0.6 is 0 Å². The van der Waals surface area contributed by atoms with Crippen LogP contribution in [0.4, 0.5) is 5.69 Å². The predicted octanol–water partition coefficient (Wildman–Crippen LogP) is 3.15.